The third-order valence-electron chi connectivity index (χ3n) is 4.08. The molecule has 2 N–H and O–H groups in total. The molecule has 1 unspecified atom stereocenters. The van der Waals surface area contributed by atoms with E-state index < -0.39 is 4.92 Å². The zero-order valence-corrected chi connectivity index (χ0v) is 12.3. The lowest BCUT2D eigenvalue weighted by Gasteiger charge is -2.33. The van der Waals surface area contributed by atoms with Crippen molar-refractivity contribution in [3.63, 3.8) is 0 Å². The fourth-order valence-corrected chi connectivity index (χ4v) is 2.64. The molecule has 21 heavy (non-hydrogen) atoms. The van der Waals surface area contributed by atoms with E-state index in [0.29, 0.717) is 30.3 Å². The van der Waals surface area contributed by atoms with Gasteiger partial charge in [-0.25, -0.2) is 0 Å². The molecular weight excluding hydrogens is 272 g/mol. The number of hydrogen-bond acceptors (Lipinski definition) is 5. The summed E-state index contributed by atoms with van der Waals surface area (Å²) < 4.78 is 0. The molecule has 1 amide bonds. The summed E-state index contributed by atoms with van der Waals surface area (Å²) >= 11 is 0. The van der Waals surface area contributed by atoms with Crippen molar-refractivity contribution in [3.8, 4) is 0 Å². The molecule has 1 aromatic heterocycles. The Morgan fingerprint density at radius 1 is 1.52 bits per heavy atom. The van der Waals surface area contributed by atoms with Crippen LogP contribution in [0.25, 0.3) is 0 Å². The van der Waals surface area contributed by atoms with Crippen molar-refractivity contribution in [2.75, 3.05) is 13.1 Å². The van der Waals surface area contributed by atoms with Crippen LogP contribution >= 0.6 is 0 Å². The Morgan fingerprint density at radius 3 is 2.67 bits per heavy atom. The van der Waals surface area contributed by atoms with E-state index >= 15 is 0 Å². The van der Waals surface area contributed by atoms with Gasteiger partial charge in [0.15, 0.2) is 0 Å². The van der Waals surface area contributed by atoms with Gasteiger partial charge >= 0.3 is 0 Å². The lowest BCUT2D eigenvalue weighted by atomic mass is 9.90. The molecule has 1 fully saturated rings. The molecule has 0 aromatic carbocycles. The molecule has 7 heteroatoms. The van der Waals surface area contributed by atoms with Gasteiger partial charge in [0.05, 0.1) is 16.2 Å². The second kappa shape index (κ2) is 6.17. The summed E-state index contributed by atoms with van der Waals surface area (Å²) in [6.45, 7) is 4.93. The Morgan fingerprint density at radius 2 is 2.14 bits per heavy atom. The summed E-state index contributed by atoms with van der Waals surface area (Å²) in [6.07, 6.45) is 2.91. The maximum Gasteiger partial charge on any atom is 0.288 e. The number of aromatic nitrogens is 1. The molecule has 0 saturated carbocycles. The highest BCUT2D eigenvalue weighted by Gasteiger charge is 2.27. The van der Waals surface area contributed by atoms with Crippen molar-refractivity contribution in [3.05, 3.63) is 33.6 Å². The monoisotopic (exact) mass is 292 g/mol. The maximum absolute atomic E-state index is 12.5. The number of carbonyl (C=O) groups is 1. The molecule has 7 nitrogen and oxygen atoms in total. The minimum absolute atomic E-state index is 0.128. The van der Waals surface area contributed by atoms with Crippen molar-refractivity contribution in [2.45, 2.75) is 32.7 Å². The SMILES string of the molecule is Cc1ncc([N+](=O)[O-])cc1C(=O)N1CCC(C(C)N)CC1. The number of amides is 1. The molecule has 1 atom stereocenters. The largest absolute Gasteiger partial charge is 0.339 e. The normalized spacial score (nSPS) is 17.6. The standard InChI is InChI=1S/C14H20N4O3/c1-9(15)11-3-5-17(6-4-11)14(19)13-7-12(18(20)21)8-16-10(13)2/h7-9,11H,3-6,15H2,1-2H3. The van der Waals surface area contributed by atoms with Crippen molar-refractivity contribution in [1.82, 2.24) is 9.88 Å². The molecule has 2 rings (SSSR count). The number of nitrogens with two attached hydrogens (primary N) is 1. The Labute approximate surface area is 123 Å². The van der Waals surface area contributed by atoms with Crippen LogP contribution in [-0.2, 0) is 0 Å². The van der Waals surface area contributed by atoms with E-state index in [-0.39, 0.29) is 17.6 Å². The first-order valence-electron chi connectivity index (χ1n) is 7.06. The Balaban J connectivity index is 2.14. The third kappa shape index (κ3) is 3.36. The first kappa shape index (κ1) is 15.4. The first-order chi connectivity index (χ1) is 9.90. The summed E-state index contributed by atoms with van der Waals surface area (Å²) in [4.78, 5) is 28.5. The molecule has 1 aliphatic heterocycles. The van der Waals surface area contributed by atoms with Crippen LogP contribution in [0.5, 0.6) is 0 Å². The summed E-state index contributed by atoms with van der Waals surface area (Å²) in [5.41, 5.74) is 6.55. The van der Waals surface area contributed by atoms with Gasteiger partial charge in [-0.1, -0.05) is 0 Å². The van der Waals surface area contributed by atoms with Crippen LogP contribution in [0.1, 0.15) is 35.8 Å². The van der Waals surface area contributed by atoms with E-state index in [1.165, 1.54) is 12.3 Å². The number of pyridine rings is 1. The van der Waals surface area contributed by atoms with Crippen LogP contribution in [0.3, 0.4) is 0 Å². The molecule has 0 spiro atoms. The van der Waals surface area contributed by atoms with E-state index in [1.807, 2.05) is 6.92 Å². The number of carbonyl (C=O) groups excluding carboxylic acids is 1. The molecule has 1 saturated heterocycles. The Hall–Kier alpha value is -2.02. The maximum atomic E-state index is 12.5. The van der Waals surface area contributed by atoms with Gasteiger partial charge in [0.25, 0.3) is 11.6 Å². The van der Waals surface area contributed by atoms with E-state index in [2.05, 4.69) is 4.98 Å². The fourth-order valence-electron chi connectivity index (χ4n) is 2.64. The summed E-state index contributed by atoms with van der Waals surface area (Å²) in [7, 11) is 0. The van der Waals surface area contributed by atoms with Crippen LogP contribution < -0.4 is 5.73 Å². The molecule has 0 radical (unpaired) electrons. The van der Waals surface area contributed by atoms with Gasteiger partial charge in [-0.3, -0.25) is 19.9 Å². The topological polar surface area (TPSA) is 102 Å². The van der Waals surface area contributed by atoms with Crippen LogP contribution in [-0.4, -0.2) is 39.8 Å². The van der Waals surface area contributed by atoms with E-state index in [9.17, 15) is 14.9 Å². The van der Waals surface area contributed by atoms with Crippen molar-refractivity contribution in [2.24, 2.45) is 11.7 Å². The second-order valence-corrected chi connectivity index (χ2v) is 5.57. The van der Waals surface area contributed by atoms with E-state index in [4.69, 9.17) is 5.73 Å². The van der Waals surface area contributed by atoms with Crippen LogP contribution in [0.2, 0.25) is 0 Å². The molecule has 114 valence electrons. The predicted octanol–water partition coefficient (Wildman–Crippen LogP) is 1.50. The average molecular weight is 292 g/mol. The lowest BCUT2D eigenvalue weighted by Crippen LogP contribution is -2.42. The number of hydrogen-bond donors (Lipinski definition) is 1. The molecule has 0 bridgehead atoms. The van der Waals surface area contributed by atoms with Gasteiger partial charge in [0, 0.05) is 25.2 Å². The molecule has 2 heterocycles. The number of aryl methyl sites for hydroxylation is 1. The minimum Gasteiger partial charge on any atom is -0.339 e. The zero-order valence-electron chi connectivity index (χ0n) is 12.3. The predicted molar refractivity (Wildman–Crippen MR) is 77.9 cm³/mol. The van der Waals surface area contributed by atoms with Crippen LogP contribution in [0.15, 0.2) is 12.3 Å². The minimum atomic E-state index is -0.536. The number of nitrogens with zero attached hydrogens (tertiary/aromatic N) is 3. The highest BCUT2D eigenvalue weighted by Crippen LogP contribution is 2.23. The molecule has 1 aliphatic rings. The lowest BCUT2D eigenvalue weighted by molar-refractivity contribution is -0.385. The molecule has 0 aliphatic carbocycles. The fraction of sp³-hybridized carbons (Fsp3) is 0.571. The Bertz CT molecular complexity index is 551. The van der Waals surface area contributed by atoms with Crippen molar-refractivity contribution >= 4 is 11.6 Å². The highest BCUT2D eigenvalue weighted by atomic mass is 16.6. The zero-order chi connectivity index (χ0) is 15.6. The van der Waals surface area contributed by atoms with Gasteiger partial charge < -0.3 is 10.6 Å². The van der Waals surface area contributed by atoms with Crippen molar-refractivity contribution in [1.29, 1.82) is 0 Å². The summed E-state index contributed by atoms with van der Waals surface area (Å²) in [5, 5.41) is 10.8. The van der Waals surface area contributed by atoms with E-state index in [0.717, 1.165) is 12.8 Å². The van der Waals surface area contributed by atoms with Gasteiger partial charge in [-0.2, -0.15) is 0 Å². The second-order valence-electron chi connectivity index (χ2n) is 5.57. The quantitative estimate of drug-likeness (QED) is 0.671. The number of likely N-dealkylation sites (tertiary alicyclic amines) is 1. The van der Waals surface area contributed by atoms with Gasteiger partial charge in [0.1, 0.15) is 6.20 Å². The van der Waals surface area contributed by atoms with Gasteiger partial charge in [-0.15, -0.1) is 0 Å². The van der Waals surface area contributed by atoms with Gasteiger partial charge in [0.2, 0.25) is 0 Å². The van der Waals surface area contributed by atoms with Gasteiger partial charge in [-0.05, 0) is 32.6 Å². The molecule has 1 aromatic rings. The number of piperidine rings is 1. The van der Waals surface area contributed by atoms with E-state index in [1.54, 1.807) is 11.8 Å². The number of rotatable bonds is 3. The molecular formula is C14H20N4O3. The number of nitro groups is 1. The summed E-state index contributed by atoms with van der Waals surface area (Å²) in [5.74, 6) is 0.241. The van der Waals surface area contributed by atoms with Crippen LogP contribution in [0, 0.1) is 23.0 Å². The third-order valence-corrected chi connectivity index (χ3v) is 4.08. The first-order valence-corrected chi connectivity index (χ1v) is 7.06. The van der Waals surface area contributed by atoms with Crippen LogP contribution in [0.4, 0.5) is 5.69 Å². The summed E-state index contributed by atoms with van der Waals surface area (Å²) in [6, 6.07) is 1.44. The van der Waals surface area contributed by atoms with Crippen molar-refractivity contribution < 1.29 is 9.72 Å². The smallest absolute Gasteiger partial charge is 0.288 e. The highest BCUT2D eigenvalue weighted by molar-refractivity contribution is 5.95. The average Bonchev–Trinajstić information content (AvgIpc) is 2.47. The Kier molecular flexibility index (Phi) is 4.52.